The lowest BCUT2D eigenvalue weighted by molar-refractivity contribution is -0.130. The van der Waals surface area contributed by atoms with Gasteiger partial charge < -0.3 is 14.8 Å². The molecule has 0 aromatic carbocycles. The third-order valence-corrected chi connectivity index (χ3v) is 7.93. The molecule has 1 aliphatic carbocycles. The number of carbonyl (C=O) groups excluding carboxylic acids is 1. The molecule has 2 aromatic rings. The van der Waals surface area contributed by atoms with Gasteiger partial charge >= 0.3 is 0 Å². The highest BCUT2D eigenvalue weighted by atomic mass is 32.2. The van der Waals surface area contributed by atoms with Crippen molar-refractivity contribution in [3.8, 4) is 0 Å². The van der Waals surface area contributed by atoms with E-state index in [9.17, 15) is 9.59 Å². The van der Waals surface area contributed by atoms with Gasteiger partial charge in [0.05, 0.1) is 16.9 Å². The van der Waals surface area contributed by atoms with Crippen LogP contribution >= 0.6 is 23.1 Å². The minimum Gasteiger partial charge on any atom is -0.340 e. The van der Waals surface area contributed by atoms with Crippen LogP contribution in [0, 0.1) is 0 Å². The Labute approximate surface area is 173 Å². The Kier molecular flexibility index (Phi) is 6.08. The fraction of sp³-hybridized carbons (Fsp3) is 0.650. The second-order valence-electron chi connectivity index (χ2n) is 8.00. The summed E-state index contributed by atoms with van der Waals surface area (Å²) in [5, 5.41) is 0.799. The van der Waals surface area contributed by atoms with Crippen LogP contribution < -0.4 is 5.56 Å². The highest BCUT2D eigenvalue weighted by Crippen LogP contribution is 2.33. The predicted octanol–water partition coefficient (Wildman–Crippen LogP) is 2.65. The first-order valence-corrected chi connectivity index (χ1v) is 12.1. The van der Waals surface area contributed by atoms with Crippen LogP contribution in [0.15, 0.2) is 4.79 Å². The maximum absolute atomic E-state index is 12.6. The number of thioether (sulfide) groups is 1. The summed E-state index contributed by atoms with van der Waals surface area (Å²) in [6.45, 7) is 1.67. The van der Waals surface area contributed by atoms with E-state index in [1.807, 2.05) is 4.90 Å². The Hall–Kier alpha value is -1.38. The van der Waals surface area contributed by atoms with Crippen LogP contribution in [0.4, 0.5) is 0 Å². The van der Waals surface area contributed by atoms with E-state index in [1.165, 1.54) is 28.6 Å². The minimum absolute atomic E-state index is 0.0174. The number of carbonyl (C=O) groups is 1. The lowest BCUT2D eigenvalue weighted by atomic mass is 9.97. The SMILES string of the molecule is CN(C)C1CCCN(C(=O)CSCc2nc3sc4c(c3c(=O)[nH]2)CCCC4)C1. The van der Waals surface area contributed by atoms with E-state index >= 15 is 0 Å². The molecule has 1 aliphatic heterocycles. The number of hydrogen-bond donors (Lipinski definition) is 1. The number of H-pyrrole nitrogens is 1. The third-order valence-electron chi connectivity index (χ3n) is 5.82. The lowest BCUT2D eigenvalue weighted by Gasteiger charge is -2.36. The van der Waals surface area contributed by atoms with Gasteiger partial charge in [0.25, 0.3) is 5.56 Å². The molecule has 1 atom stereocenters. The number of hydrogen-bond acceptors (Lipinski definition) is 6. The summed E-state index contributed by atoms with van der Waals surface area (Å²) in [5.74, 6) is 1.86. The minimum atomic E-state index is -0.0174. The predicted molar refractivity (Wildman–Crippen MR) is 116 cm³/mol. The Balaban J connectivity index is 1.38. The molecule has 0 bridgehead atoms. The number of amides is 1. The van der Waals surface area contributed by atoms with Crippen molar-refractivity contribution >= 4 is 39.2 Å². The van der Waals surface area contributed by atoms with Crippen molar-refractivity contribution in [1.82, 2.24) is 19.8 Å². The second kappa shape index (κ2) is 8.55. The van der Waals surface area contributed by atoms with E-state index in [4.69, 9.17) is 4.98 Å². The molecular formula is C20H28N4O2S2. The smallest absolute Gasteiger partial charge is 0.259 e. The lowest BCUT2D eigenvalue weighted by Crippen LogP contribution is -2.48. The number of fused-ring (bicyclic) bond motifs is 3. The molecule has 152 valence electrons. The van der Waals surface area contributed by atoms with Crippen molar-refractivity contribution in [2.75, 3.05) is 32.9 Å². The van der Waals surface area contributed by atoms with Crippen molar-refractivity contribution in [1.29, 1.82) is 0 Å². The quantitative estimate of drug-likeness (QED) is 0.805. The van der Waals surface area contributed by atoms with Crippen LogP contribution in [-0.4, -0.2) is 64.7 Å². The van der Waals surface area contributed by atoms with E-state index < -0.39 is 0 Å². The van der Waals surface area contributed by atoms with Crippen molar-refractivity contribution in [3.63, 3.8) is 0 Å². The van der Waals surface area contributed by atoms with E-state index in [1.54, 1.807) is 11.3 Å². The molecule has 0 radical (unpaired) electrons. The van der Waals surface area contributed by atoms with Gasteiger partial charge in [-0.05, 0) is 58.2 Å². The highest BCUT2D eigenvalue weighted by Gasteiger charge is 2.25. The van der Waals surface area contributed by atoms with Gasteiger partial charge in [-0.25, -0.2) is 4.98 Å². The molecule has 4 rings (SSSR count). The second-order valence-corrected chi connectivity index (χ2v) is 10.1. The molecule has 0 spiro atoms. The van der Waals surface area contributed by atoms with Crippen LogP contribution in [0.25, 0.3) is 10.2 Å². The van der Waals surface area contributed by atoms with E-state index in [0.29, 0.717) is 23.4 Å². The topological polar surface area (TPSA) is 69.3 Å². The first-order chi connectivity index (χ1) is 13.5. The van der Waals surface area contributed by atoms with Crippen LogP contribution in [0.5, 0.6) is 0 Å². The summed E-state index contributed by atoms with van der Waals surface area (Å²) < 4.78 is 0. The molecular weight excluding hydrogens is 392 g/mol. The average molecular weight is 421 g/mol. The number of thiophene rings is 1. The van der Waals surface area contributed by atoms with Crippen LogP contribution in [0.1, 0.15) is 41.9 Å². The van der Waals surface area contributed by atoms with Gasteiger partial charge in [-0.3, -0.25) is 9.59 Å². The van der Waals surface area contributed by atoms with E-state index in [0.717, 1.165) is 55.4 Å². The molecule has 1 fully saturated rings. The fourth-order valence-corrected chi connectivity index (χ4v) is 6.28. The first kappa shape index (κ1) is 19.9. The number of nitrogens with one attached hydrogen (secondary N) is 1. The van der Waals surface area contributed by atoms with Crippen LogP contribution in [0.3, 0.4) is 0 Å². The number of aromatic amines is 1. The zero-order chi connectivity index (χ0) is 19.7. The maximum Gasteiger partial charge on any atom is 0.259 e. The fourth-order valence-electron chi connectivity index (χ4n) is 4.21. The zero-order valence-electron chi connectivity index (χ0n) is 16.6. The zero-order valence-corrected chi connectivity index (χ0v) is 18.3. The van der Waals surface area contributed by atoms with Gasteiger partial charge in [0.15, 0.2) is 0 Å². The highest BCUT2D eigenvalue weighted by molar-refractivity contribution is 7.99. The van der Waals surface area contributed by atoms with Gasteiger partial charge in [-0.1, -0.05) is 0 Å². The molecule has 28 heavy (non-hydrogen) atoms. The summed E-state index contributed by atoms with van der Waals surface area (Å²) in [7, 11) is 4.15. The third kappa shape index (κ3) is 4.14. The molecule has 0 saturated carbocycles. The van der Waals surface area contributed by atoms with Crippen molar-refractivity contribution in [3.05, 3.63) is 26.6 Å². The Morgan fingerprint density at radius 2 is 2.14 bits per heavy atom. The average Bonchev–Trinajstić information content (AvgIpc) is 3.06. The Morgan fingerprint density at radius 3 is 2.96 bits per heavy atom. The number of piperidine rings is 1. The number of aryl methyl sites for hydroxylation is 2. The molecule has 1 unspecified atom stereocenters. The number of likely N-dealkylation sites (tertiary alicyclic amines) is 1. The summed E-state index contributed by atoms with van der Waals surface area (Å²) >= 11 is 3.21. The van der Waals surface area contributed by atoms with E-state index in [-0.39, 0.29) is 11.5 Å². The first-order valence-electron chi connectivity index (χ1n) is 10.1. The number of rotatable bonds is 5. The largest absolute Gasteiger partial charge is 0.340 e. The van der Waals surface area contributed by atoms with Crippen molar-refractivity contribution in [2.24, 2.45) is 0 Å². The van der Waals surface area contributed by atoms with Crippen LogP contribution in [0.2, 0.25) is 0 Å². The van der Waals surface area contributed by atoms with Gasteiger partial charge in [-0.15, -0.1) is 23.1 Å². The standard InChI is InChI=1S/C20H28N4O2S2/c1-23(2)13-6-5-9-24(10-13)17(25)12-27-11-16-21-19(26)18-14-7-3-4-8-15(14)28-20(18)22-16/h13H,3-12H2,1-2H3,(H,21,22,26). The molecule has 1 N–H and O–H groups in total. The van der Waals surface area contributed by atoms with Crippen LogP contribution in [-0.2, 0) is 23.4 Å². The van der Waals surface area contributed by atoms with E-state index in [2.05, 4.69) is 24.0 Å². The van der Waals surface area contributed by atoms with Gasteiger partial charge in [0, 0.05) is 24.0 Å². The maximum atomic E-state index is 12.6. The Morgan fingerprint density at radius 1 is 1.32 bits per heavy atom. The van der Waals surface area contributed by atoms with Gasteiger partial charge in [0.1, 0.15) is 10.7 Å². The molecule has 1 saturated heterocycles. The Bertz CT molecular complexity index is 921. The number of aromatic nitrogens is 2. The van der Waals surface area contributed by atoms with Crippen molar-refractivity contribution < 1.29 is 4.79 Å². The summed E-state index contributed by atoms with van der Waals surface area (Å²) in [6, 6.07) is 0.452. The molecule has 3 heterocycles. The van der Waals surface area contributed by atoms with Crippen molar-refractivity contribution in [2.45, 2.75) is 50.3 Å². The number of nitrogens with zero attached hydrogens (tertiary/aromatic N) is 3. The van der Waals surface area contributed by atoms with Gasteiger partial charge in [0.2, 0.25) is 5.91 Å². The summed E-state index contributed by atoms with van der Waals surface area (Å²) in [5.41, 5.74) is 1.20. The monoisotopic (exact) mass is 420 g/mol. The molecule has 2 aliphatic rings. The molecule has 1 amide bonds. The molecule has 2 aromatic heterocycles. The molecule has 8 heteroatoms. The molecule has 6 nitrogen and oxygen atoms in total. The summed E-state index contributed by atoms with van der Waals surface area (Å²) in [6.07, 6.45) is 6.63. The van der Waals surface area contributed by atoms with Gasteiger partial charge in [-0.2, -0.15) is 0 Å². The summed E-state index contributed by atoms with van der Waals surface area (Å²) in [4.78, 5) is 39.2. The number of likely N-dealkylation sites (N-methyl/N-ethyl adjacent to an activating group) is 1. The normalized spacial score (nSPS) is 20.0.